The Bertz CT molecular complexity index is 823. The van der Waals surface area contributed by atoms with Crippen molar-refractivity contribution in [2.75, 3.05) is 12.1 Å². The predicted molar refractivity (Wildman–Crippen MR) is 91.1 cm³/mol. The van der Waals surface area contributed by atoms with Crippen LogP contribution in [0.4, 0.5) is 5.69 Å². The number of nitrogens with one attached hydrogen (secondary N) is 2. The molecule has 0 fully saturated rings. The first-order valence-electron chi connectivity index (χ1n) is 6.92. The van der Waals surface area contributed by atoms with Crippen LogP contribution < -0.4 is 20.2 Å². The number of halogens is 1. The van der Waals surface area contributed by atoms with Crippen molar-refractivity contribution in [2.24, 2.45) is 5.10 Å². The number of fused-ring (bicyclic) bond motifs is 1. The van der Waals surface area contributed by atoms with E-state index >= 15 is 0 Å². The van der Waals surface area contributed by atoms with Crippen molar-refractivity contribution in [3.05, 3.63) is 52.5 Å². The molecule has 0 spiro atoms. The van der Waals surface area contributed by atoms with Gasteiger partial charge in [-0.05, 0) is 51.8 Å². The summed E-state index contributed by atoms with van der Waals surface area (Å²) in [7, 11) is 0. The molecule has 2 amide bonds. The Morgan fingerprint density at radius 2 is 1.88 bits per heavy atom. The van der Waals surface area contributed by atoms with E-state index in [2.05, 4.69) is 31.8 Å². The quantitative estimate of drug-likeness (QED) is 0.478. The molecule has 122 valence electrons. The maximum atomic E-state index is 11.8. The van der Waals surface area contributed by atoms with E-state index in [-0.39, 0.29) is 6.79 Å². The van der Waals surface area contributed by atoms with Gasteiger partial charge in [0.05, 0.1) is 11.9 Å². The van der Waals surface area contributed by atoms with Gasteiger partial charge >= 0.3 is 11.8 Å². The number of benzene rings is 2. The van der Waals surface area contributed by atoms with Crippen LogP contribution in [0.25, 0.3) is 0 Å². The summed E-state index contributed by atoms with van der Waals surface area (Å²) < 4.78 is 11.1. The van der Waals surface area contributed by atoms with Crippen molar-refractivity contribution in [1.29, 1.82) is 0 Å². The number of carbonyl (C=O) groups is 2. The Morgan fingerprint density at radius 1 is 1.08 bits per heavy atom. The predicted octanol–water partition coefficient (Wildman–Crippen LogP) is 2.27. The van der Waals surface area contributed by atoms with Gasteiger partial charge in [-0.3, -0.25) is 9.59 Å². The second-order valence-electron chi connectivity index (χ2n) is 4.75. The smallest absolute Gasteiger partial charge is 0.329 e. The summed E-state index contributed by atoms with van der Waals surface area (Å²) in [5.41, 5.74) is 3.37. The van der Waals surface area contributed by atoms with Crippen molar-refractivity contribution >= 4 is 39.6 Å². The van der Waals surface area contributed by atoms with Crippen molar-refractivity contribution in [2.45, 2.75) is 0 Å². The number of hydrogen-bond donors (Lipinski definition) is 2. The largest absolute Gasteiger partial charge is 0.454 e. The van der Waals surface area contributed by atoms with E-state index in [4.69, 9.17) is 9.47 Å². The van der Waals surface area contributed by atoms with E-state index in [1.54, 1.807) is 42.5 Å². The highest BCUT2D eigenvalue weighted by molar-refractivity contribution is 9.10. The molecule has 24 heavy (non-hydrogen) atoms. The van der Waals surface area contributed by atoms with Gasteiger partial charge in [0.1, 0.15) is 0 Å². The highest BCUT2D eigenvalue weighted by atomic mass is 79.9. The van der Waals surface area contributed by atoms with Crippen LogP contribution in [0.3, 0.4) is 0 Å². The zero-order chi connectivity index (χ0) is 16.9. The van der Waals surface area contributed by atoms with E-state index < -0.39 is 11.8 Å². The molecule has 0 aliphatic carbocycles. The zero-order valence-corrected chi connectivity index (χ0v) is 13.9. The van der Waals surface area contributed by atoms with Gasteiger partial charge in [-0.15, -0.1) is 0 Å². The van der Waals surface area contributed by atoms with Crippen molar-refractivity contribution in [1.82, 2.24) is 5.43 Å². The molecule has 1 aliphatic rings. The molecule has 0 saturated heterocycles. The van der Waals surface area contributed by atoms with Crippen LogP contribution >= 0.6 is 15.9 Å². The normalized spacial score (nSPS) is 12.2. The number of nitrogens with zero attached hydrogens (tertiary/aromatic N) is 1. The maximum absolute atomic E-state index is 11.8. The van der Waals surface area contributed by atoms with Gasteiger partial charge in [-0.25, -0.2) is 5.43 Å². The summed E-state index contributed by atoms with van der Waals surface area (Å²) in [6.07, 6.45) is 1.41. The minimum Gasteiger partial charge on any atom is -0.454 e. The molecule has 0 aromatic heterocycles. The number of para-hydroxylation sites is 1. The van der Waals surface area contributed by atoms with Crippen molar-refractivity contribution in [3.63, 3.8) is 0 Å². The molecule has 0 saturated carbocycles. The minimum absolute atomic E-state index is 0.182. The third-order valence-electron chi connectivity index (χ3n) is 3.10. The van der Waals surface area contributed by atoms with Gasteiger partial charge in [-0.1, -0.05) is 12.1 Å². The maximum Gasteiger partial charge on any atom is 0.329 e. The third kappa shape index (κ3) is 3.72. The summed E-state index contributed by atoms with van der Waals surface area (Å²) in [6.45, 7) is 0.182. The second-order valence-corrected chi connectivity index (χ2v) is 5.60. The molecule has 1 heterocycles. The Kier molecular flexibility index (Phi) is 4.76. The van der Waals surface area contributed by atoms with Crippen LogP contribution in [0.15, 0.2) is 52.0 Å². The van der Waals surface area contributed by atoms with E-state index in [9.17, 15) is 9.59 Å². The number of hydrogen-bond acceptors (Lipinski definition) is 5. The van der Waals surface area contributed by atoms with Crippen LogP contribution in [0, 0.1) is 0 Å². The van der Waals surface area contributed by atoms with Crippen molar-refractivity contribution in [3.8, 4) is 11.5 Å². The average molecular weight is 390 g/mol. The number of carbonyl (C=O) groups excluding carboxylic acids is 2. The Balaban J connectivity index is 1.57. The first kappa shape index (κ1) is 16.0. The zero-order valence-electron chi connectivity index (χ0n) is 12.3. The molecule has 2 aromatic rings. The first-order valence-corrected chi connectivity index (χ1v) is 7.71. The molecule has 0 bridgehead atoms. The van der Waals surface area contributed by atoms with E-state index in [0.717, 1.165) is 0 Å². The summed E-state index contributed by atoms with van der Waals surface area (Å²) in [5.74, 6) is -0.423. The van der Waals surface area contributed by atoms with Crippen LogP contribution in [0.1, 0.15) is 5.56 Å². The molecule has 0 unspecified atom stereocenters. The average Bonchev–Trinajstić information content (AvgIpc) is 3.04. The Labute approximate surface area is 145 Å². The van der Waals surface area contributed by atoms with Gasteiger partial charge in [0, 0.05) is 4.47 Å². The molecule has 0 atom stereocenters. The van der Waals surface area contributed by atoms with Gasteiger partial charge in [0.15, 0.2) is 11.5 Å². The topological polar surface area (TPSA) is 89.0 Å². The van der Waals surface area contributed by atoms with Crippen molar-refractivity contribution < 1.29 is 19.1 Å². The monoisotopic (exact) mass is 389 g/mol. The molecule has 3 rings (SSSR count). The fraction of sp³-hybridized carbons (Fsp3) is 0.0625. The molecule has 7 nitrogen and oxygen atoms in total. The van der Waals surface area contributed by atoms with Gasteiger partial charge in [-0.2, -0.15) is 5.10 Å². The highest BCUT2D eigenvalue weighted by Crippen LogP contribution is 2.31. The van der Waals surface area contributed by atoms with E-state index in [1.807, 2.05) is 0 Å². The number of rotatable bonds is 3. The van der Waals surface area contributed by atoms with E-state index in [1.165, 1.54) is 6.21 Å². The standard InChI is InChI=1S/C16H12BrN3O4/c17-11-3-1-2-4-12(11)19-15(21)16(22)20-18-8-10-5-6-13-14(7-10)24-9-23-13/h1-8H,9H2,(H,19,21)(H,20,22). The fourth-order valence-electron chi connectivity index (χ4n) is 1.95. The lowest BCUT2D eigenvalue weighted by Gasteiger charge is -2.05. The molecule has 0 radical (unpaired) electrons. The van der Waals surface area contributed by atoms with Gasteiger partial charge in [0.25, 0.3) is 0 Å². The minimum atomic E-state index is -0.872. The molecule has 2 aromatic carbocycles. The fourth-order valence-corrected chi connectivity index (χ4v) is 2.34. The molecule has 8 heteroatoms. The Hall–Kier alpha value is -2.87. The van der Waals surface area contributed by atoms with Gasteiger partial charge in [0.2, 0.25) is 6.79 Å². The van der Waals surface area contributed by atoms with E-state index in [0.29, 0.717) is 27.2 Å². The third-order valence-corrected chi connectivity index (χ3v) is 3.80. The Morgan fingerprint density at radius 3 is 2.71 bits per heavy atom. The van der Waals surface area contributed by atoms with Crippen LogP contribution in [-0.2, 0) is 9.59 Å². The molecule has 1 aliphatic heterocycles. The van der Waals surface area contributed by atoms with Crippen LogP contribution in [0.2, 0.25) is 0 Å². The molecular weight excluding hydrogens is 378 g/mol. The van der Waals surface area contributed by atoms with Crippen LogP contribution in [0.5, 0.6) is 11.5 Å². The number of ether oxygens (including phenoxy) is 2. The second kappa shape index (κ2) is 7.14. The summed E-state index contributed by atoms with van der Waals surface area (Å²) in [4.78, 5) is 23.5. The lowest BCUT2D eigenvalue weighted by molar-refractivity contribution is -0.136. The van der Waals surface area contributed by atoms with Crippen LogP contribution in [-0.4, -0.2) is 24.8 Å². The summed E-state index contributed by atoms with van der Waals surface area (Å²) >= 11 is 3.28. The molecule has 2 N–H and O–H groups in total. The number of anilines is 1. The summed E-state index contributed by atoms with van der Waals surface area (Å²) in [5, 5.41) is 6.24. The number of hydrazone groups is 1. The SMILES string of the molecule is O=C(NN=Cc1ccc2c(c1)OCO2)C(=O)Nc1ccccc1Br. The first-order chi connectivity index (χ1) is 11.6. The summed E-state index contributed by atoms with van der Waals surface area (Å²) in [6, 6.07) is 12.2. The lowest BCUT2D eigenvalue weighted by Crippen LogP contribution is -2.32. The lowest BCUT2D eigenvalue weighted by atomic mass is 10.2. The number of amides is 2. The van der Waals surface area contributed by atoms with Gasteiger partial charge < -0.3 is 14.8 Å². The highest BCUT2D eigenvalue weighted by Gasteiger charge is 2.14. The molecular formula is C16H12BrN3O4.